The first-order chi connectivity index (χ1) is 12.5. The molecule has 136 valence electrons. The van der Waals surface area contributed by atoms with Crippen molar-refractivity contribution in [3.05, 3.63) is 71.3 Å². The zero-order valence-corrected chi connectivity index (χ0v) is 13.8. The molecule has 1 N–H and O–H groups in total. The maximum absolute atomic E-state index is 13.6. The summed E-state index contributed by atoms with van der Waals surface area (Å²) < 4.78 is 37.9. The molecule has 2 aromatic carbocycles. The summed E-state index contributed by atoms with van der Waals surface area (Å²) in [4.78, 5) is 23.0. The molecule has 0 radical (unpaired) electrons. The number of benzene rings is 2. The minimum Gasteiger partial charge on any atom is -0.462 e. The Balaban J connectivity index is 1.74. The standard InChI is InChI=1S/C19H17F2NO4/c20-15-7-6-14(10-16(15)21)19(12-22-17(11-23)26-19)8-9-25-18(24)13-4-2-1-3-5-13/h1-7,10-11,17,22H,8-9,12H2. The predicted octanol–water partition coefficient (Wildman–Crippen LogP) is 2.55. The molecule has 1 fully saturated rings. The van der Waals surface area contributed by atoms with Crippen molar-refractivity contribution in [2.24, 2.45) is 0 Å². The van der Waals surface area contributed by atoms with E-state index < -0.39 is 29.4 Å². The van der Waals surface area contributed by atoms with Gasteiger partial charge in [-0.2, -0.15) is 0 Å². The van der Waals surface area contributed by atoms with Crippen LogP contribution in [0.5, 0.6) is 0 Å². The number of hydrogen-bond acceptors (Lipinski definition) is 5. The van der Waals surface area contributed by atoms with Crippen molar-refractivity contribution in [2.75, 3.05) is 13.2 Å². The molecule has 2 atom stereocenters. The Morgan fingerprint density at radius 1 is 1.23 bits per heavy atom. The molecule has 0 bridgehead atoms. The fraction of sp³-hybridized carbons (Fsp3) is 0.263. The van der Waals surface area contributed by atoms with Crippen LogP contribution >= 0.6 is 0 Å². The van der Waals surface area contributed by atoms with E-state index in [1.165, 1.54) is 6.07 Å². The summed E-state index contributed by atoms with van der Waals surface area (Å²) in [5.74, 6) is -2.48. The van der Waals surface area contributed by atoms with E-state index >= 15 is 0 Å². The van der Waals surface area contributed by atoms with Crippen LogP contribution in [0.2, 0.25) is 0 Å². The summed E-state index contributed by atoms with van der Waals surface area (Å²) in [5.41, 5.74) is -0.327. The van der Waals surface area contributed by atoms with Crippen LogP contribution in [-0.2, 0) is 19.9 Å². The monoisotopic (exact) mass is 361 g/mol. The number of halogens is 2. The second-order valence-electron chi connectivity index (χ2n) is 5.93. The van der Waals surface area contributed by atoms with Crippen molar-refractivity contribution in [2.45, 2.75) is 18.2 Å². The lowest BCUT2D eigenvalue weighted by atomic mass is 9.90. The highest BCUT2D eigenvalue weighted by Gasteiger charge is 2.42. The molecule has 0 aliphatic carbocycles. The summed E-state index contributed by atoms with van der Waals surface area (Å²) >= 11 is 0. The number of aldehydes is 1. The number of hydrogen-bond donors (Lipinski definition) is 1. The Morgan fingerprint density at radius 2 is 2.00 bits per heavy atom. The van der Waals surface area contributed by atoms with Crippen LogP contribution in [0.4, 0.5) is 8.78 Å². The first kappa shape index (κ1) is 18.2. The minimum absolute atomic E-state index is 0.0139. The Kier molecular flexibility index (Phi) is 5.39. The molecule has 7 heteroatoms. The van der Waals surface area contributed by atoms with Crippen LogP contribution in [0.15, 0.2) is 48.5 Å². The van der Waals surface area contributed by atoms with Gasteiger partial charge in [0.1, 0.15) is 5.60 Å². The molecule has 2 unspecified atom stereocenters. The topological polar surface area (TPSA) is 64.6 Å². The van der Waals surface area contributed by atoms with Gasteiger partial charge in [0.15, 0.2) is 24.1 Å². The highest BCUT2D eigenvalue weighted by molar-refractivity contribution is 5.89. The Morgan fingerprint density at radius 3 is 2.65 bits per heavy atom. The van der Waals surface area contributed by atoms with Crippen LogP contribution in [0.25, 0.3) is 0 Å². The van der Waals surface area contributed by atoms with Gasteiger partial charge in [-0.25, -0.2) is 13.6 Å². The Bertz CT molecular complexity index is 799. The van der Waals surface area contributed by atoms with E-state index in [0.717, 1.165) is 12.1 Å². The van der Waals surface area contributed by atoms with Gasteiger partial charge in [0.05, 0.1) is 12.2 Å². The third-order valence-corrected chi connectivity index (χ3v) is 4.26. The number of esters is 1. The first-order valence-corrected chi connectivity index (χ1v) is 8.08. The van der Waals surface area contributed by atoms with Gasteiger partial charge in [-0.1, -0.05) is 24.3 Å². The molecule has 5 nitrogen and oxygen atoms in total. The number of carbonyl (C=O) groups excluding carboxylic acids is 2. The summed E-state index contributed by atoms with van der Waals surface area (Å²) in [6.07, 6.45) is -0.112. The molecular formula is C19H17F2NO4. The van der Waals surface area contributed by atoms with Crippen LogP contribution in [-0.4, -0.2) is 31.6 Å². The number of carbonyl (C=O) groups is 2. The minimum atomic E-state index is -1.10. The summed E-state index contributed by atoms with van der Waals surface area (Å²) in [6, 6.07) is 11.9. The predicted molar refractivity (Wildman–Crippen MR) is 88.3 cm³/mol. The van der Waals surface area contributed by atoms with Gasteiger partial charge in [-0.05, 0) is 29.8 Å². The summed E-state index contributed by atoms with van der Waals surface area (Å²) in [7, 11) is 0. The zero-order valence-electron chi connectivity index (χ0n) is 13.8. The fourth-order valence-electron chi connectivity index (χ4n) is 2.88. The maximum atomic E-state index is 13.6. The molecule has 0 amide bonds. The Hall–Kier alpha value is -2.64. The average Bonchev–Trinajstić information content (AvgIpc) is 3.09. The normalized spacial score (nSPS) is 22.2. The Labute approximate surface area is 148 Å². The molecule has 1 saturated heterocycles. The third-order valence-electron chi connectivity index (χ3n) is 4.26. The van der Waals surface area contributed by atoms with Gasteiger partial charge in [-0.3, -0.25) is 10.1 Å². The maximum Gasteiger partial charge on any atom is 0.338 e. The van der Waals surface area contributed by atoms with Gasteiger partial charge in [0.25, 0.3) is 0 Å². The van der Waals surface area contributed by atoms with Crippen molar-refractivity contribution >= 4 is 12.3 Å². The highest BCUT2D eigenvalue weighted by atomic mass is 19.2. The molecular weight excluding hydrogens is 344 g/mol. The second kappa shape index (κ2) is 7.72. The number of rotatable bonds is 6. The lowest BCUT2D eigenvalue weighted by Gasteiger charge is -2.28. The van der Waals surface area contributed by atoms with Gasteiger partial charge in [0, 0.05) is 13.0 Å². The van der Waals surface area contributed by atoms with E-state index in [0.29, 0.717) is 17.4 Å². The zero-order chi connectivity index (χ0) is 18.6. The lowest BCUT2D eigenvalue weighted by Crippen LogP contribution is -2.32. The number of ether oxygens (including phenoxy) is 2. The van der Waals surface area contributed by atoms with E-state index in [2.05, 4.69) is 5.32 Å². The molecule has 0 saturated carbocycles. The molecule has 1 aliphatic heterocycles. The molecule has 3 rings (SSSR count). The van der Waals surface area contributed by atoms with Crippen LogP contribution in [0.3, 0.4) is 0 Å². The fourth-order valence-corrected chi connectivity index (χ4v) is 2.88. The van der Waals surface area contributed by atoms with Crippen LogP contribution in [0, 0.1) is 11.6 Å². The van der Waals surface area contributed by atoms with Crippen molar-refractivity contribution in [1.82, 2.24) is 5.32 Å². The number of nitrogens with one attached hydrogen (secondary N) is 1. The van der Waals surface area contributed by atoms with Gasteiger partial charge < -0.3 is 9.47 Å². The van der Waals surface area contributed by atoms with E-state index in [1.807, 2.05) is 0 Å². The van der Waals surface area contributed by atoms with E-state index in [9.17, 15) is 18.4 Å². The van der Waals surface area contributed by atoms with Gasteiger partial charge in [-0.15, -0.1) is 0 Å². The van der Waals surface area contributed by atoms with Crippen LogP contribution < -0.4 is 5.32 Å². The quantitative estimate of drug-likeness (QED) is 0.633. The van der Waals surface area contributed by atoms with Crippen molar-refractivity contribution < 1.29 is 27.8 Å². The van der Waals surface area contributed by atoms with E-state index in [4.69, 9.17) is 9.47 Å². The first-order valence-electron chi connectivity index (χ1n) is 8.08. The smallest absolute Gasteiger partial charge is 0.338 e. The van der Waals surface area contributed by atoms with Crippen molar-refractivity contribution in [3.63, 3.8) is 0 Å². The van der Waals surface area contributed by atoms with E-state index in [-0.39, 0.29) is 19.6 Å². The SMILES string of the molecule is O=CC1NCC(CCOC(=O)c2ccccc2)(c2ccc(F)c(F)c2)O1. The molecule has 0 aromatic heterocycles. The van der Waals surface area contributed by atoms with Crippen LogP contribution in [0.1, 0.15) is 22.3 Å². The van der Waals surface area contributed by atoms with E-state index in [1.54, 1.807) is 30.3 Å². The third kappa shape index (κ3) is 3.79. The summed E-state index contributed by atoms with van der Waals surface area (Å²) in [5, 5.41) is 2.85. The molecule has 2 aromatic rings. The van der Waals surface area contributed by atoms with Crippen molar-refractivity contribution in [1.29, 1.82) is 0 Å². The van der Waals surface area contributed by atoms with Gasteiger partial charge in [0.2, 0.25) is 0 Å². The lowest BCUT2D eigenvalue weighted by molar-refractivity contribution is -0.125. The summed E-state index contributed by atoms with van der Waals surface area (Å²) in [6.45, 7) is 0.185. The van der Waals surface area contributed by atoms with Crippen molar-refractivity contribution in [3.8, 4) is 0 Å². The second-order valence-corrected chi connectivity index (χ2v) is 5.93. The highest BCUT2D eigenvalue weighted by Crippen LogP contribution is 2.34. The molecule has 0 spiro atoms. The van der Waals surface area contributed by atoms with Gasteiger partial charge >= 0.3 is 5.97 Å². The largest absolute Gasteiger partial charge is 0.462 e. The molecule has 26 heavy (non-hydrogen) atoms. The average molecular weight is 361 g/mol. The molecule has 1 aliphatic rings. The molecule has 1 heterocycles.